The Morgan fingerprint density at radius 1 is 1.10 bits per heavy atom. The predicted molar refractivity (Wildman–Crippen MR) is 113 cm³/mol. The van der Waals surface area contributed by atoms with Crippen LogP contribution in [0.2, 0.25) is 0 Å². The average Bonchev–Trinajstić information content (AvgIpc) is 3.07. The SMILES string of the molecule is CNS(=O)(=O)c1ccc(/C=C/C(=O)Nc2nc(-c3ccc(F)cc3)c(C)s2)cc1. The van der Waals surface area contributed by atoms with Gasteiger partial charge in [-0.2, -0.15) is 0 Å². The van der Waals surface area contributed by atoms with E-state index < -0.39 is 10.0 Å². The summed E-state index contributed by atoms with van der Waals surface area (Å²) in [5, 5.41) is 3.14. The van der Waals surface area contributed by atoms with Crippen LogP contribution in [0.1, 0.15) is 10.4 Å². The summed E-state index contributed by atoms with van der Waals surface area (Å²) in [6.45, 7) is 1.88. The highest BCUT2D eigenvalue weighted by molar-refractivity contribution is 7.89. The van der Waals surface area contributed by atoms with Gasteiger partial charge in [-0.3, -0.25) is 10.1 Å². The quantitative estimate of drug-likeness (QED) is 0.581. The van der Waals surface area contributed by atoms with Gasteiger partial charge in [-0.05, 0) is 62.0 Å². The molecule has 0 saturated carbocycles. The predicted octanol–water partition coefficient (Wildman–Crippen LogP) is 3.82. The molecule has 0 aliphatic rings. The molecule has 3 rings (SSSR count). The van der Waals surface area contributed by atoms with Crippen molar-refractivity contribution in [3.05, 3.63) is 70.9 Å². The number of thiazole rings is 1. The lowest BCUT2D eigenvalue weighted by atomic mass is 10.1. The van der Waals surface area contributed by atoms with Crippen LogP contribution in [0.4, 0.5) is 9.52 Å². The zero-order valence-electron chi connectivity index (χ0n) is 15.6. The minimum absolute atomic E-state index is 0.146. The molecule has 2 aromatic carbocycles. The summed E-state index contributed by atoms with van der Waals surface area (Å²) in [6.07, 6.45) is 2.92. The zero-order valence-corrected chi connectivity index (χ0v) is 17.3. The molecule has 1 amide bonds. The highest BCUT2D eigenvalue weighted by Crippen LogP contribution is 2.30. The van der Waals surface area contributed by atoms with Crippen LogP contribution >= 0.6 is 11.3 Å². The number of hydrogen-bond acceptors (Lipinski definition) is 5. The molecule has 0 aliphatic heterocycles. The number of benzene rings is 2. The third-order valence-corrected chi connectivity index (χ3v) is 6.35. The summed E-state index contributed by atoms with van der Waals surface area (Å²) in [5.41, 5.74) is 2.14. The van der Waals surface area contributed by atoms with Gasteiger partial charge in [-0.25, -0.2) is 22.5 Å². The van der Waals surface area contributed by atoms with E-state index in [1.165, 1.54) is 48.7 Å². The fourth-order valence-electron chi connectivity index (χ4n) is 2.52. The van der Waals surface area contributed by atoms with Crippen molar-refractivity contribution in [3.63, 3.8) is 0 Å². The van der Waals surface area contributed by atoms with E-state index in [0.717, 1.165) is 10.4 Å². The Hall–Kier alpha value is -2.88. The van der Waals surface area contributed by atoms with E-state index in [1.807, 2.05) is 6.92 Å². The summed E-state index contributed by atoms with van der Waals surface area (Å²) >= 11 is 1.33. The molecule has 0 atom stereocenters. The molecular formula is C20H18FN3O3S2. The third-order valence-electron chi connectivity index (χ3n) is 4.03. The van der Waals surface area contributed by atoms with Gasteiger partial charge in [-0.1, -0.05) is 12.1 Å². The minimum Gasteiger partial charge on any atom is -0.298 e. The molecule has 1 aromatic heterocycles. The van der Waals surface area contributed by atoms with Crippen LogP contribution in [-0.2, 0) is 14.8 Å². The van der Waals surface area contributed by atoms with E-state index in [-0.39, 0.29) is 16.6 Å². The largest absolute Gasteiger partial charge is 0.298 e. The molecule has 0 unspecified atom stereocenters. The van der Waals surface area contributed by atoms with Gasteiger partial charge >= 0.3 is 0 Å². The Balaban J connectivity index is 1.68. The number of nitrogens with one attached hydrogen (secondary N) is 2. The van der Waals surface area contributed by atoms with Gasteiger partial charge in [0.2, 0.25) is 15.9 Å². The average molecular weight is 432 g/mol. The molecule has 0 fully saturated rings. The monoisotopic (exact) mass is 431 g/mol. The fraction of sp³-hybridized carbons (Fsp3) is 0.100. The molecule has 2 N–H and O–H groups in total. The standard InChI is InChI=1S/C20H18FN3O3S2/c1-13-19(15-6-8-16(21)9-7-15)24-20(28-13)23-18(25)12-5-14-3-10-17(11-4-14)29(26,27)22-2/h3-12,22H,1-2H3,(H,23,24,25)/b12-5+. The van der Waals surface area contributed by atoms with Gasteiger partial charge in [0.25, 0.3) is 0 Å². The number of aryl methyl sites for hydroxylation is 1. The number of rotatable bonds is 6. The number of anilines is 1. The molecule has 0 saturated heterocycles. The van der Waals surface area contributed by atoms with E-state index in [4.69, 9.17) is 0 Å². The van der Waals surface area contributed by atoms with Crippen molar-refractivity contribution in [2.24, 2.45) is 0 Å². The first kappa shape index (κ1) is 20.8. The lowest BCUT2D eigenvalue weighted by Gasteiger charge is -2.02. The molecule has 0 spiro atoms. The first-order valence-corrected chi connectivity index (χ1v) is 10.8. The maximum absolute atomic E-state index is 13.1. The molecule has 3 aromatic rings. The van der Waals surface area contributed by atoms with Crippen LogP contribution < -0.4 is 10.0 Å². The van der Waals surface area contributed by atoms with Crippen molar-refractivity contribution in [2.75, 3.05) is 12.4 Å². The zero-order chi connectivity index (χ0) is 21.0. The maximum atomic E-state index is 13.1. The lowest BCUT2D eigenvalue weighted by Crippen LogP contribution is -2.18. The molecule has 6 nitrogen and oxygen atoms in total. The summed E-state index contributed by atoms with van der Waals surface area (Å²) < 4.78 is 38.8. The van der Waals surface area contributed by atoms with Gasteiger partial charge in [-0.15, -0.1) is 11.3 Å². The molecule has 29 heavy (non-hydrogen) atoms. The normalized spacial score (nSPS) is 11.7. The van der Waals surface area contributed by atoms with Crippen LogP contribution in [0.3, 0.4) is 0 Å². The van der Waals surface area contributed by atoms with E-state index >= 15 is 0 Å². The molecule has 9 heteroatoms. The van der Waals surface area contributed by atoms with Crippen LogP contribution in [-0.4, -0.2) is 26.4 Å². The number of carbonyl (C=O) groups excluding carboxylic acids is 1. The topological polar surface area (TPSA) is 88.2 Å². The summed E-state index contributed by atoms with van der Waals surface area (Å²) in [4.78, 5) is 17.6. The summed E-state index contributed by atoms with van der Waals surface area (Å²) in [5.74, 6) is -0.687. The highest BCUT2D eigenvalue weighted by atomic mass is 32.2. The number of nitrogens with zero attached hydrogens (tertiary/aromatic N) is 1. The maximum Gasteiger partial charge on any atom is 0.250 e. The Morgan fingerprint density at radius 2 is 1.76 bits per heavy atom. The van der Waals surface area contributed by atoms with Crippen molar-refractivity contribution in [1.82, 2.24) is 9.71 Å². The van der Waals surface area contributed by atoms with Gasteiger partial charge < -0.3 is 0 Å². The van der Waals surface area contributed by atoms with Gasteiger partial charge in [0.05, 0.1) is 10.6 Å². The Kier molecular flexibility index (Phi) is 6.21. The molecular weight excluding hydrogens is 413 g/mol. The van der Waals surface area contributed by atoms with Crippen LogP contribution in [0, 0.1) is 12.7 Å². The number of aromatic nitrogens is 1. The van der Waals surface area contributed by atoms with E-state index in [2.05, 4.69) is 15.0 Å². The van der Waals surface area contributed by atoms with Gasteiger partial charge in [0.1, 0.15) is 5.82 Å². The molecule has 0 bridgehead atoms. The van der Waals surface area contributed by atoms with Crippen LogP contribution in [0.25, 0.3) is 17.3 Å². The van der Waals surface area contributed by atoms with Crippen molar-refractivity contribution >= 4 is 38.5 Å². The second-order valence-electron chi connectivity index (χ2n) is 6.03. The third kappa shape index (κ3) is 5.14. The van der Waals surface area contributed by atoms with Gasteiger partial charge in [0, 0.05) is 16.5 Å². The van der Waals surface area contributed by atoms with Crippen LogP contribution in [0.15, 0.2) is 59.5 Å². The molecule has 1 heterocycles. The van der Waals surface area contributed by atoms with Gasteiger partial charge in [0.15, 0.2) is 5.13 Å². The first-order valence-electron chi connectivity index (χ1n) is 8.54. The first-order chi connectivity index (χ1) is 13.8. The number of amides is 1. The number of halogens is 1. The lowest BCUT2D eigenvalue weighted by molar-refractivity contribution is -0.111. The molecule has 0 aliphatic carbocycles. The summed E-state index contributed by atoms with van der Waals surface area (Å²) in [7, 11) is -2.15. The Bertz CT molecular complexity index is 1150. The van der Waals surface area contributed by atoms with E-state index in [1.54, 1.807) is 30.3 Å². The highest BCUT2D eigenvalue weighted by Gasteiger charge is 2.12. The Morgan fingerprint density at radius 3 is 2.38 bits per heavy atom. The van der Waals surface area contributed by atoms with E-state index in [9.17, 15) is 17.6 Å². The van der Waals surface area contributed by atoms with Crippen molar-refractivity contribution in [3.8, 4) is 11.3 Å². The Labute approximate surface area is 172 Å². The number of hydrogen-bond donors (Lipinski definition) is 2. The minimum atomic E-state index is -3.50. The van der Waals surface area contributed by atoms with Crippen LogP contribution in [0.5, 0.6) is 0 Å². The smallest absolute Gasteiger partial charge is 0.250 e. The number of sulfonamides is 1. The fourth-order valence-corrected chi connectivity index (χ4v) is 4.09. The second-order valence-corrected chi connectivity index (χ2v) is 9.12. The molecule has 0 radical (unpaired) electrons. The number of carbonyl (C=O) groups is 1. The van der Waals surface area contributed by atoms with E-state index in [0.29, 0.717) is 16.4 Å². The summed E-state index contributed by atoms with van der Waals surface area (Å²) in [6, 6.07) is 12.1. The van der Waals surface area contributed by atoms with Crippen molar-refractivity contribution in [2.45, 2.75) is 11.8 Å². The molecule has 150 valence electrons. The van der Waals surface area contributed by atoms with Crippen molar-refractivity contribution < 1.29 is 17.6 Å². The second kappa shape index (κ2) is 8.64. The van der Waals surface area contributed by atoms with Crippen molar-refractivity contribution in [1.29, 1.82) is 0 Å².